The Kier molecular flexibility index (Phi) is 4.79. The topological polar surface area (TPSA) is 83.1 Å². The van der Waals surface area contributed by atoms with E-state index in [1.165, 1.54) is 30.5 Å². The first kappa shape index (κ1) is 17.7. The summed E-state index contributed by atoms with van der Waals surface area (Å²) in [7, 11) is 0. The molecule has 0 atom stereocenters. The number of carbonyl (C=O) groups is 2. The van der Waals surface area contributed by atoms with Gasteiger partial charge in [-0.25, -0.2) is 4.98 Å². The van der Waals surface area contributed by atoms with Gasteiger partial charge in [0.25, 0.3) is 5.91 Å². The Hall–Kier alpha value is -3.10. The first-order valence-corrected chi connectivity index (χ1v) is 7.84. The van der Waals surface area contributed by atoms with E-state index in [4.69, 9.17) is 0 Å². The molecular weight excluding hydrogens is 349 g/mol. The van der Waals surface area contributed by atoms with Crippen LogP contribution in [-0.4, -0.2) is 16.8 Å². The van der Waals surface area contributed by atoms with Gasteiger partial charge in [-0.2, -0.15) is 13.2 Å². The third-order valence-electron chi connectivity index (χ3n) is 3.75. The molecule has 0 saturated heterocycles. The van der Waals surface area contributed by atoms with E-state index in [2.05, 4.69) is 21.2 Å². The molecule has 1 saturated carbocycles. The average Bonchev–Trinajstić information content (AvgIpc) is 3.44. The van der Waals surface area contributed by atoms with E-state index < -0.39 is 17.6 Å². The van der Waals surface area contributed by atoms with Crippen molar-refractivity contribution in [1.29, 1.82) is 0 Å². The summed E-state index contributed by atoms with van der Waals surface area (Å²) >= 11 is 0. The van der Waals surface area contributed by atoms with E-state index in [0.717, 1.165) is 25.0 Å². The number of nitrogens with one attached hydrogen (secondary N) is 3. The molecule has 2 aromatic rings. The minimum Gasteiger partial charge on any atom is -0.340 e. The summed E-state index contributed by atoms with van der Waals surface area (Å²) in [4.78, 5) is 27.8. The molecule has 0 bridgehead atoms. The van der Waals surface area contributed by atoms with Crippen molar-refractivity contribution in [3.63, 3.8) is 0 Å². The molecule has 1 aliphatic carbocycles. The van der Waals surface area contributed by atoms with E-state index >= 15 is 0 Å². The van der Waals surface area contributed by atoms with Gasteiger partial charge in [0.15, 0.2) is 0 Å². The number of carbonyl (C=O) groups excluding carboxylic acids is 2. The number of alkyl halides is 3. The van der Waals surface area contributed by atoms with Crippen molar-refractivity contribution in [3.8, 4) is 0 Å². The van der Waals surface area contributed by atoms with Crippen LogP contribution in [0.4, 0.5) is 24.7 Å². The van der Waals surface area contributed by atoms with Crippen LogP contribution in [-0.2, 0) is 11.0 Å². The van der Waals surface area contributed by atoms with Crippen molar-refractivity contribution in [2.24, 2.45) is 5.92 Å². The van der Waals surface area contributed by atoms with Gasteiger partial charge in [-0.3, -0.25) is 20.4 Å². The number of amides is 2. The molecule has 2 amide bonds. The number of halogens is 3. The van der Waals surface area contributed by atoms with E-state index in [-0.39, 0.29) is 28.9 Å². The third-order valence-corrected chi connectivity index (χ3v) is 3.75. The first-order chi connectivity index (χ1) is 12.3. The van der Waals surface area contributed by atoms with Crippen LogP contribution in [0.5, 0.6) is 0 Å². The standard InChI is InChI=1S/C17H15F3N4O2/c18-17(19,20)11-3-1-4-12(9-11)22-14-13(5-2-8-21-14)16(26)24-23-15(25)10-6-7-10/h1-5,8-10H,6-7H2,(H,21,22)(H,23,25)(H,24,26). The van der Waals surface area contributed by atoms with Crippen molar-refractivity contribution in [3.05, 3.63) is 53.7 Å². The number of aromatic nitrogens is 1. The zero-order chi connectivity index (χ0) is 18.7. The summed E-state index contributed by atoms with van der Waals surface area (Å²) in [5.74, 6) is -0.895. The number of pyridine rings is 1. The maximum Gasteiger partial charge on any atom is 0.416 e. The number of hydrazine groups is 1. The second-order valence-corrected chi connectivity index (χ2v) is 5.82. The molecule has 9 heteroatoms. The summed E-state index contributed by atoms with van der Waals surface area (Å²) in [6.45, 7) is 0. The zero-order valence-electron chi connectivity index (χ0n) is 13.4. The van der Waals surface area contributed by atoms with Crippen molar-refractivity contribution in [2.45, 2.75) is 19.0 Å². The number of benzene rings is 1. The minimum atomic E-state index is -4.48. The van der Waals surface area contributed by atoms with Gasteiger partial charge < -0.3 is 5.32 Å². The Labute approximate surface area is 146 Å². The van der Waals surface area contributed by atoms with Crippen LogP contribution in [0, 0.1) is 5.92 Å². The van der Waals surface area contributed by atoms with Crippen LogP contribution >= 0.6 is 0 Å². The fourth-order valence-electron chi connectivity index (χ4n) is 2.23. The average molecular weight is 364 g/mol. The molecule has 1 aromatic carbocycles. The summed E-state index contributed by atoms with van der Waals surface area (Å²) < 4.78 is 38.4. The number of anilines is 2. The molecule has 0 radical (unpaired) electrons. The van der Waals surface area contributed by atoms with Crippen LogP contribution in [0.15, 0.2) is 42.6 Å². The van der Waals surface area contributed by atoms with Gasteiger partial charge in [0.2, 0.25) is 5.91 Å². The molecule has 1 heterocycles. The van der Waals surface area contributed by atoms with Gasteiger partial charge >= 0.3 is 6.18 Å². The first-order valence-electron chi connectivity index (χ1n) is 7.84. The largest absolute Gasteiger partial charge is 0.416 e. The Bertz CT molecular complexity index is 835. The number of rotatable bonds is 4. The lowest BCUT2D eigenvalue weighted by atomic mass is 10.2. The van der Waals surface area contributed by atoms with Crippen LogP contribution in [0.3, 0.4) is 0 Å². The molecule has 26 heavy (non-hydrogen) atoms. The highest BCUT2D eigenvalue weighted by Crippen LogP contribution is 2.31. The Morgan fingerprint density at radius 1 is 1.08 bits per heavy atom. The number of hydrogen-bond donors (Lipinski definition) is 3. The second-order valence-electron chi connectivity index (χ2n) is 5.82. The van der Waals surface area contributed by atoms with Gasteiger partial charge in [-0.15, -0.1) is 0 Å². The highest BCUT2D eigenvalue weighted by molar-refractivity contribution is 6.00. The smallest absolute Gasteiger partial charge is 0.340 e. The molecule has 3 rings (SSSR count). The van der Waals surface area contributed by atoms with Gasteiger partial charge in [-0.05, 0) is 43.2 Å². The van der Waals surface area contributed by atoms with Gasteiger partial charge in [0.05, 0.1) is 11.1 Å². The molecule has 136 valence electrons. The normalized spacial score (nSPS) is 13.8. The van der Waals surface area contributed by atoms with E-state index in [1.54, 1.807) is 0 Å². The Morgan fingerprint density at radius 3 is 2.54 bits per heavy atom. The van der Waals surface area contributed by atoms with Crippen LogP contribution in [0.2, 0.25) is 0 Å². The Balaban J connectivity index is 1.74. The molecule has 6 nitrogen and oxygen atoms in total. The van der Waals surface area contributed by atoms with Crippen molar-refractivity contribution >= 4 is 23.3 Å². The number of nitrogens with zero attached hydrogens (tertiary/aromatic N) is 1. The van der Waals surface area contributed by atoms with E-state index in [0.29, 0.717) is 0 Å². The minimum absolute atomic E-state index is 0.0741. The highest BCUT2D eigenvalue weighted by atomic mass is 19.4. The molecular formula is C17H15F3N4O2. The Morgan fingerprint density at radius 2 is 1.85 bits per heavy atom. The summed E-state index contributed by atoms with van der Waals surface area (Å²) in [5, 5.41) is 2.70. The number of hydrogen-bond acceptors (Lipinski definition) is 4. The zero-order valence-corrected chi connectivity index (χ0v) is 13.4. The summed E-state index contributed by atoms with van der Waals surface area (Å²) in [5.41, 5.74) is 4.00. The van der Waals surface area contributed by atoms with Crippen molar-refractivity contribution in [2.75, 3.05) is 5.32 Å². The lowest BCUT2D eigenvalue weighted by molar-refractivity contribution is -0.137. The molecule has 1 fully saturated rings. The fraction of sp³-hybridized carbons (Fsp3) is 0.235. The molecule has 0 spiro atoms. The molecule has 0 aliphatic heterocycles. The van der Waals surface area contributed by atoms with Crippen LogP contribution in [0.1, 0.15) is 28.8 Å². The van der Waals surface area contributed by atoms with Crippen LogP contribution < -0.4 is 16.2 Å². The monoisotopic (exact) mass is 364 g/mol. The second kappa shape index (κ2) is 7.03. The summed E-state index contributed by atoms with van der Waals surface area (Å²) in [6.07, 6.45) is -1.50. The highest BCUT2D eigenvalue weighted by Gasteiger charge is 2.31. The fourth-order valence-corrected chi connectivity index (χ4v) is 2.23. The maximum atomic E-state index is 12.8. The molecule has 3 N–H and O–H groups in total. The van der Waals surface area contributed by atoms with Crippen molar-refractivity contribution < 1.29 is 22.8 Å². The molecule has 0 unspecified atom stereocenters. The van der Waals surface area contributed by atoms with E-state index in [9.17, 15) is 22.8 Å². The van der Waals surface area contributed by atoms with Crippen LogP contribution in [0.25, 0.3) is 0 Å². The lowest BCUT2D eigenvalue weighted by Crippen LogP contribution is -2.42. The van der Waals surface area contributed by atoms with Gasteiger partial charge in [0, 0.05) is 17.8 Å². The quantitative estimate of drug-likeness (QED) is 0.729. The molecule has 1 aliphatic rings. The van der Waals surface area contributed by atoms with Crippen molar-refractivity contribution in [1.82, 2.24) is 15.8 Å². The summed E-state index contributed by atoms with van der Waals surface area (Å²) in [6, 6.07) is 7.51. The van der Waals surface area contributed by atoms with Gasteiger partial charge in [-0.1, -0.05) is 6.07 Å². The SMILES string of the molecule is O=C(NNC(=O)C1CC1)c1cccnc1Nc1cccc(C(F)(F)F)c1. The molecule has 1 aromatic heterocycles. The third kappa shape index (κ3) is 4.29. The van der Waals surface area contributed by atoms with E-state index in [1.807, 2.05) is 0 Å². The maximum absolute atomic E-state index is 12.8. The predicted octanol–water partition coefficient (Wildman–Crippen LogP) is 3.02. The van der Waals surface area contributed by atoms with Gasteiger partial charge in [0.1, 0.15) is 5.82 Å². The predicted molar refractivity (Wildman–Crippen MR) is 87.3 cm³/mol. The lowest BCUT2D eigenvalue weighted by Gasteiger charge is -2.13.